The summed E-state index contributed by atoms with van der Waals surface area (Å²) in [5, 5.41) is 4.61. The summed E-state index contributed by atoms with van der Waals surface area (Å²) in [4.78, 5) is 7.11. The molecule has 1 fully saturated rings. The first kappa shape index (κ1) is 10.5. The molecule has 0 bridgehead atoms. The van der Waals surface area contributed by atoms with Crippen LogP contribution in [0.3, 0.4) is 0 Å². The zero-order chi connectivity index (χ0) is 11.7. The molecule has 0 amide bonds. The fraction of sp³-hybridized carbons (Fsp3) is 0.357. The van der Waals surface area contributed by atoms with Crippen LogP contribution in [0.2, 0.25) is 0 Å². The number of aryl methyl sites for hydroxylation is 1. The van der Waals surface area contributed by atoms with Crippen LogP contribution in [-0.4, -0.2) is 31.2 Å². The Bertz CT molecular complexity index is 530. The summed E-state index contributed by atoms with van der Waals surface area (Å²) in [6, 6.07) is 10.6. The molecule has 17 heavy (non-hydrogen) atoms. The number of piperazine rings is 1. The minimum atomic E-state index is 1.06. The Morgan fingerprint density at radius 3 is 2.76 bits per heavy atom. The van der Waals surface area contributed by atoms with Gasteiger partial charge in [-0.3, -0.25) is 4.98 Å². The second-order valence-electron chi connectivity index (χ2n) is 4.52. The van der Waals surface area contributed by atoms with Crippen molar-refractivity contribution in [3.63, 3.8) is 0 Å². The van der Waals surface area contributed by atoms with Crippen LogP contribution in [0, 0.1) is 6.92 Å². The minimum absolute atomic E-state index is 1.06. The van der Waals surface area contributed by atoms with Gasteiger partial charge < -0.3 is 10.2 Å². The molecule has 0 saturated carbocycles. The van der Waals surface area contributed by atoms with E-state index in [1.807, 2.05) is 6.07 Å². The third kappa shape index (κ3) is 1.98. The second kappa shape index (κ2) is 4.34. The molecule has 1 aromatic carbocycles. The topological polar surface area (TPSA) is 28.2 Å². The number of hydrogen-bond donors (Lipinski definition) is 1. The van der Waals surface area contributed by atoms with Crippen LogP contribution in [0.5, 0.6) is 0 Å². The molecular formula is C14H17N3. The molecule has 0 radical (unpaired) electrons. The van der Waals surface area contributed by atoms with Gasteiger partial charge in [0.05, 0.1) is 16.9 Å². The van der Waals surface area contributed by atoms with Crippen LogP contribution in [0.25, 0.3) is 10.9 Å². The van der Waals surface area contributed by atoms with E-state index in [4.69, 9.17) is 0 Å². The number of fused-ring (bicyclic) bond motifs is 1. The largest absolute Gasteiger partial charge is 0.368 e. The van der Waals surface area contributed by atoms with Gasteiger partial charge in [0.15, 0.2) is 0 Å². The van der Waals surface area contributed by atoms with E-state index in [0.29, 0.717) is 0 Å². The van der Waals surface area contributed by atoms with Crippen LogP contribution in [0.4, 0.5) is 5.69 Å². The highest BCUT2D eigenvalue weighted by atomic mass is 15.2. The summed E-state index contributed by atoms with van der Waals surface area (Å²) >= 11 is 0. The highest BCUT2D eigenvalue weighted by Crippen LogP contribution is 2.24. The fourth-order valence-electron chi connectivity index (χ4n) is 2.43. The Hall–Kier alpha value is -1.61. The smallest absolute Gasteiger partial charge is 0.0706 e. The van der Waals surface area contributed by atoms with Crippen molar-refractivity contribution < 1.29 is 0 Å². The number of rotatable bonds is 1. The second-order valence-corrected chi connectivity index (χ2v) is 4.52. The maximum absolute atomic E-state index is 4.69. The van der Waals surface area contributed by atoms with Gasteiger partial charge in [0.25, 0.3) is 0 Å². The number of pyridine rings is 1. The van der Waals surface area contributed by atoms with Crippen LogP contribution in [-0.2, 0) is 0 Å². The first-order valence-corrected chi connectivity index (χ1v) is 6.17. The number of hydrogen-bond acceptors (Lipinski definition) is 3. The van der Waals surface area contributed by atoms with Crippen molar-refractivity contribution in [1.29, 1.82) is 0 Å². The molecule has 1 aliphatic heterocycles. The predicted molar refractivity (Wildman–Crippen MR) is 71.6 cm³/mol. The number of benzene rings is 1. The van der Waals surface area contributed by atoms with E-state index in [-0.39, 0.29) is 0 Å². The molecule has 88 valence electrons. The summed E-state index contributed by atoms with van der Waals surface area (Å²) in [5.74, 6) is 0. The molecule has 1 aliphatic rings. The van der Waals surface area contributed by atoms with E-state index in [2.05, 4.69) is 46.4 Å². The third-order valence-electron chi connectivity index (χ3n) is 3.35. The van der Waals surface area contributed by atoms with Crippen LogP contribution in [0.1, 0.15) is 5.69 Å². The van der Waals surface area contributed by atoms with Crippen LogP contribution >= 0.6 is 0 Å². The van der Waals surface area contributed by atoms with E-state index in [1.165, 1.54) is 11.1 Å². The number of anilines is 1. The van der Waals surface area contributed by atoms with Gasteiger partial charge in [-0.2, -0.15) is 0 Å². The summed E-state index contributed by atoms with van der Waals surface area (Å²) in [7, 11) is 0. The van der Waals surface area contributed by atoms with Gasteiger partial charge in [0.1, 0.15) is 0 Å². The number of nitrogens with one attached hydrogen (secondary N) is 1. The average Bonchev–Trinajstić information content (AvgIpc) is 2.39. The van der Waals surface area contributed by atoms with E-state index in [9.17, 15) is 0 Å². The van der Waals surface area contributed by atoms with Gasteiger partial charge in [-0.05, 0) is 19.1 Å². The van der Waals surface area contributed by atoms with Crippen molar-refractivity contribution in [3.05, 3.63) is 36.0 Å². The summed E-state index contributed by atoms with van der Waals surface area (Å²) in [5.41, 5.74) is 3.50. The highest BCUT2D eigenvalue weighted by Gasteiger charge is 2.13. The zero-order valence-electron chi connectivity index (χ0n) is 10.1. The Balaban J connectivity index is 2.06. The molecule has 2 aromatic rings. The maximum atomic E-state index is 4.69. The van der Waals surface area contributed by atoms with E-state index < -0.39 is 0 Å². The molecule has 0 spiro atoms. The van der Waals surface area contributed by atoms with Gasteiger partial charge in [-0.25, -0.2) is 0 Å². The van der Waals surface area contributed by atoms with E-state index in [1.54, 1.807) is 0 Å². The molecule has 2 heterocycles. The first-order chi connectivity index (χ1) is 8.34. The number of para-hydroxylation sites is 1. The first-order valence-electron chi connectivity index (χ1n) is 6.17. The van der Waals surface area contributed by atoms with Gasteiger partial charge in [0, 0.05) is 31.6 Å². The summed E-state index contributed by atoms with van der Waals surface area (Å²) in [6.45, 7) is 6.37. The van der Waals surface area contributed by atoms with Crippen molar-refractivity contribution in [3.8, 4) is 0 Å². The van der Waals surface area contributed by atoms with Gasteiger partial charge in [0.2, 0.25) is 0 Å². The van der Waals surface area contributed by atoms with E-state index >= 15 is 0 Å². The van der Waals surface area contributed by atoms with Crippen LogP contribution in [0.15, 0.2) is 30.3 Å². The molecule has 3 rings (SSSR count). The molecule has 1 N–H and O–H groups in total. The van der Waals surface area contributed by atoms with Crippen molar-refractivity contribution in [2.45, 2.75) is 6.92 Å². The Morgan fingerprint density at radius 1 is 1.18 bits per heavy atom. The fourth-order valence-corrected chi connectivity index (χ4v) is 2.43. The van der Waals surface area contributed by atoms with Gasteiger partial charge >= 0.3 is 0 Å². The van der Waals surface area contributed by atoms with Crippen molar-refractivity contribution >= 4 is 16.6 Å². The minimum Gasteiger partial charge on any atom is -0.368 e. The SMILES string of the molecule is Cc1nc2ccccc2cc1N1CCNCC1. The van der Waals surface area contributed by atoms with Gasteiger partial charge in [-0.1, -0.05) is 18.2 Å². The lowest BCUT2D eigenvalue weighted by Crippen LogP contribution is -2.43. The zero-order valence-corrected chi connectivity index (χ0v) is 10.1. The Morgan fingerprint density at radius 2 is 1.94 bits per heavy atom. The standard InChI is InChI=1S/C14H17N3/c1-11-14(17-8-6-15-7-9-17)10-12-4-2-3-5-13(12)16-11/h2-5,10,15H,6-9H2,1H3. The van der Waals surface area contributed by atoms with Gasteiger partial charge in [-0.15, -0.1) is 0 Å². The Kier molecular flexibility index (Phi) is 2.69. The van der Waals surface area contributed by atoms with Crippen molar-refractivity contribution in [1.82, 2.24) is 10.3 Å². The van der Waals surface area contributed by atoms with Crippen molar-refractivity contribution in [2.24, 2.45) is 0 Å². The lowest BCUT2D eigenvalue weighted by atomic mass is 10.1. The molecule has 1 aromatic heterocycles. The number of aromatic nitrogens is 1. The average molecular weight is 227 g/mol. The molecule has 0 atom stereocenters. The highest BCUT2D eigenvalue weighted by molar-refractivity contribution is 5.82. The molecule has 1 saturated heterocycles. The van der Waals surface area contributed by atoms with E-state index in [0.717, 1.165) is 37.4 Å². The molecule has 3 heteroatoms. The summed E-state index contributed by atoms with van der Waals surface area (Å²) < 4.78 is 0. The Labute approximate surface area is 101 Å². The molecular weight excluding hydrogens is 210 g/mol. The van der Waals surface area contributed by atoms with Crippen LogP contribution < -0.4 is 10.2 Å². The predicted octanol–water partition coefficient (Wildman–Crippen LogP) is 1.95. The summed E-state index contributed by atoms with van der Waals surface area (Å²) in [6.07, 6.45) is 0. The number of nitrogens with zero attached hydrogens (tertiary/aromatic N) is 2. The molecule has 0 aliphatic carbocycles. The lowest BCUT2D eigenvalue weighted by molar-refractivity contribution is 0.588. The normalized spacial score (nSPS) is 16.4. The monoisotopic (exact) mass is 227 g/mol. The quantitative estimate of drug-likeness (QED) is 0.807. The van der Waals surface area contributed by atoms with Crippen molar-refractivity contribution in [2.75, 3.05) is 31.1 Å². The molecule has 3 nitrogen and oxygen atoms in total. The third-order valence-corrected chi connectivity index (χ3v) is 3.35. The maximum Gasteiger partial charge on any atom is 0.0706 e. The lowest BCUT2D eigenvalue weighted by Gasteiger charge is -2.30. The molecule has 0 unspecified atom stereocenters.